The van der Waals surface area contributed by atoms with Crippen LogP contribution in [0.15, 0.2) is 83.8 Å². The van der Waals surface area contributed by atoms with Crippen LogP contribution in [-0.2, 0) is 26.2 Å². The number of hydrogen-bond acceptors (Lipinski definition) is 5. The number of carbonyl (C=O) groups excluding carboxylic acids is 2. The van der Waals surface area contributed by atoms with E-state index in [-0.39, 0.29) is 23.4 Å². The van der Waals surface area contributed by atoms with E-state index in [2.05, 4.69) is 5.32 Å². The first kappa shape index (κ1) is 31.7. The second-order valence-electron chi connectivity index (χ2n) is 10.0. The highest BCUT2D eigenvalue weighted by atomic mass is 32.2. The zero-order valence-corrected chi connectivity index (χ0v) is 25.4. The summed E-state index contributed by atoms with van der Waals surface area (Å²) in [5.74, 6) is -0.153. The number of hydrogen-bond donors (Lipinski definition) is 1. The predicted molar refractivity (Wildman–Crippen MR) is 162 cm³/mol. The third kappa shape index (κ3) is 8.33. The van der Waals surface area contributed by atoms with Crippen LogP contribution < -0.4 is 14.4 Å². The zero-order chi connectivity index (χ0) is 30.0. The third-order valence-electron chi connectivity index (χ3n) is 6.91. The maximum Gasteiger partial charge on any atom is 0.264 e. The summed E-state index contributed by atoms with van der Waals surface area (Å²) in [6.45, 7) is 9.72. The molecular formula is C32H41N3O5S. The second-order valence-corrected chi connectivity index (χ2v) is 11.9. The molecule has 0 aliphatic heterocycles. The molecule has 0 saturated heterocycles. The lowest BCUT2D eigenvalue weighted by atomic mass is 10.1. The van der Waals surface area contributed by atoms with Gasteiger partial charge in [-0.25, -0.2) is 8.42 Å². The summed E-state index contributed by atoms with van der Waals surface area (Å²) >= 11 is 0. The number of nitrogens with one attached hydrogen (secondary N) is 1. The minimum atomic E-state index is -4.12. The van der Waals surface area contributed by atoms with Crippen LogP contribution in [0.25, 0.3) is 0 Å². The quantitative estimate of drug-likeness (QED) is 0.279. The van der Waals surface area contributed by atoms with E-state index < -0.39 is 28.5 Å². The second kappa shape index (κ2) is 14.7. The smallest absolute Gasteiger partial charge is 0.264 e. The molecule has 1 N–H and O–H groups in total. The van der Waals surface area contributed by atoms with E-state index in [4.69, 9.17) is 4.74 Å². The summed E-state index contributed by atoms with van der Waals surface area (Å²) in [7, 11) is -4.12. The number of anilines is 1. The molecule has 0 spiro atoms. The van der Waals surface area contributed by atoms with E-state index in [0.717, 1.165) is 21.9 Å². The van der Waals surface area contributed by atoms with Gasteiger partial charge < -0.3 is 15.0 Å². The Morgan fingerprint density at radius 3 is 2.07 bits per heavy atom. The van der Waals surface area contributed by atoms with Gasteiger partial charge in [-0.15, -0.1) is 0 Å². The maximum atomic E-state index is 14.1. The summed E-state index contributed by atoms with van der Waals surface area (Å²) in [5.41, 5.74) is 2.24. The Kier molecular flexibility index (Phi) is 11.3. The molecule has 8 nitrogen and oxygen atoms in total. The molecule has 3 rings (SSSR count). The van der Waals surface area contributed by atoms with E-state index >= 15 is 0 Å². The van der Waals surface area contributed by atoms with E-state index in [1.807, 2.05) is 58.9 Å². The SMILES string of the molecule is CCOc1ccc(N(CC(=O)N(Cc2ccc(C)cc2)[C@@H](CC)C(=O)N[C@@H](C)CC)S(=O)(=O)c2ccccc2)cc1. The van der Waals surface area contributed by atoms with Crippen molar-refractivity contribution in [1.82, 2.24) is 10.2 Å². The Hall–Kier alpha value is -3.85. The molecule has 3 aromatic rings. The lowest BCUT2D eigenvalue weighted by Gasteiger charge is -2.33. The van der Waals surface area contributed by atoms with E-state index in [9.17, 15) is 18.0 Å². The summed E-state index contributed by atoms with van der Waals surface area (Å²) in [6, 6.07) is 21.5. The van der Waals surface area contributed by atoms with E-state index in [1.165, 1.54) is 17.0 Å². The topological polar surface area (TPSA) is 96.0 Å². The Bertz CT molecular complexity index is 1380. The van der Waals surface area contributed by atoms with Crippen LogP contribution in [0.3, 0.4) is 0 Å². The van der Waals surface area contributed by atoms with Crippen molar-refractivity contribution in [3.8, 4) is 5.75 Å². The number of benzene rings is 3. The molecule has 0 aliphatic carbocycles. The summed E-state index contributed by atoms with van der Waals surface area (Å²) in [4.78, 5) is 29.0. The van der Waals surface area contributed by atoms with Gasteiger partial charge in [0.1, 0.15) is 18.3 Å². The maximum absolute atomic E-state index is 14.1. The fourth-order valence-electron chi connectivity index (χ4n) is 4.37. The fraction of sp³-hybridized carbons (Fsp3) is 0.375. The van der Waals surface area contributed by atoms with Crippen LogP contribution in [0.5, 0.6) is 5.75 Å². The van der Waals surface area contributed by atoms with Gasteiger partial charge in [0.15, 0.2) is 0 Å². The molecule has 220 valence electrons. The number of ether oxygens (including phenoxy) is 1. The molecule has 0 saturated carbocycles. The molecular weight excluding hydrogens is 538 g/mol. The first-order chi connectivity index (χ1) is 19.6. The van der Waals surface area contributed by atoms with Gasteiger partial charge in [-0.3, -0.25) is 13.9 Å². The van der Waals surface area contributed by atoms with Crippen molar-refractivity contribution in [2.24, 2.45) is 0 Å². The number of rotatable bonds is 14. The van der Waals surface area contributed by atoms with Gasteiger partial charge in [-0.2, -0.15) is 0 Å². The Morgan fingerprint density at radius 1 is 0.878 bits per heavy atom. The molecule has 0 unspecified atom stereocenters. The first-order valence-electron chi connectivity index (χ1n) is 14.1. The number of carbonyl (C=O) groups is 2. The van der Waals surface area contributed by atoms with Crippen molar-refractivity contribution in [2.75, 3.05) is 17.5 Å². The van der Waals surface area contributed by atoms with Crippen LogP contribution in [0.1, 0.15) is 51.7 Å². The third-order valence-corrected chi connectivity index (χ3v) is 8.69. The first-order valence-corrected chi connectivity index (χ1v) is 15.5. The minimum absolute atomic E-state index is 0.0633. The van der Waals surface area contributed by atoms with Crippen molar-refractivity contribution in [3.05, 3.63) is 90.0 Å². The van der Waals surface area contributed by atoms with Crippen molar-refractivity contribution < 1.29 is 22.7 Å². The number of amides is 2. The lowest BCUT2D eigenvalue weighted by Crippen LogP contribution is -2.53. The average molecular weight is 580 g/mol. The van der Waals surface area contributed by atoms with Gasteiger partial charge in [0.05, 0.1) is 17.2 Å². The molecule has 0 bridgehead atoms. The molecule has 2 amide bonds. The van der Waals surface area contributed by atoms with Crippen LogP contribution in [-0.4, -0.2) is 50.4 Å². The highest BCUT2D eigenvalue weighted by Gasteiger charge is 2.34. The van der Waals surface area contributed by atoms with Crippen LogP contribution in [0, 0.1) is 6.92 Å². The Labute approximate surface area is 244 Å². The highest BCUT2D eigenvalue weighted by molar-refractivity contribution is 7.92. The zero-order valence-electron chi connectivity index (χ0n) is 24.5. The van der Waals surface area contributed by atoms with E-state index in [1.54, 1.807) is 42.5 Å². The van der Waals surface area contributed by atoms with Gasteiger partial charge in [-0.1, -0.05) is 61.9 Å². The monoisotopic (exact) mass is 579 g/mol. The summed E-state index contributed by atoms with van der Waals surface area (Å²) < 4.78 is 34.4. The van der Waals surface area contributed by atoms with Crippen LogP contribution in [0.4, 0.5) is 5.69 Å². The molecule has 0 aliphatic rings. The largest absolute Gasteiger partial charge is 0.494 e. The molecule has 2 atom stereocenters. The van der Waals surface area contributed by atoms with Gasteiger partial charge >= 0.3 is 0 Å². The number of aryl methyl sites for hydroxylation is 1. The summed E-state index contributed by atoms with van der Waals surface area (Å²) in [5, 5.41) is 2.99. The van der Waals surface area contributed by atoms with Crippen LogP contribution >= 0.6 is 0 Å². The molecule has 9 heteroatoms. The van der Waals surface area contributed by atoms with Crippen molar-refractivity contribution in [1.29, 1.82) is 0 Å². The van der Waals surface area contributed by atoms with Gasteiger partial charge in [0.2, 0.25) is 11.8 Å². The van der Waals surface area contributed by atoms with Crippen LogP contribution in [0.2, 0.25) is 0 Å². The lowest BCUT2D eigenvalue weighted by molar-refractivity contribution is -0.140. The molecule has 0 fully saturated rings. The number of nitrogens with zero attached hydrogens (tertiary/aromatic N) is 2. The normalized spacial score (nSPS) is 12.7. The molecule has 0 aromatic heterocycles. The molecule has 41 heavy (non-hydrogen) atoms. The molecule has 0 radical (unpaired) electrons. The Morgan fingerprint density at radius 2 is 1.51 bits per heavy atom. The Balaban J connectivity index is 2.04. The fourth-order valence-corrected chi connectivity index (χ4v) is 5.81. The highest BCUT2D eigenvalue weighted by Crippen LogP contribution is 2.27. The molecule has 3 aromatic carbocycles. The number of sulfonamides is 1. The predicted octanol–water partition coefficient (Wildman–Crippen LogP) is 5.31. The summed E-state index contributed by atoms with van der Waals surface area (Å²) in [6.07, 6.45) is 1.11. The van der Waals surface area contributed by atoms with Gasteiger partial charge in [-0.05, 0) is 75.6 Å². The van der Waals surface area contributed by atoms with Gasteiger partial charge in [0, 0.05) is 12.6 Å². The van der Waals surface area contributed by atoms with Gasteiger partial charge in [0.25, 0.3) is 10.0 Å². The minimum Gasteiger partial charge on any atom is -0.494 e. The van der Waals surface area contributed by atoms with Crippen molar-refractivity contribution >= 4 is 27.5 Å². The molecule has 0 heterocycles. The van der Waals surface area contributed by atoms with Crippen molar-refractivity contribution in [2.45, 2.75) is 71.0 Å². The standard InChI is InChI=1S/C32H41N3O5S/c1-6-25(5)33-32(37)30(7-2)34(22-26-16-14-24(4)15-17-26)31(36)23-35(27-18-20-28(21-19-27)40-8-3)41(38,39)29-12-10-9-11-13-29/h9-21,25,30H,6-8,22-23H2,1-5H3,(H,33,37)/t25-,30-/m0/s1. The van der Waals surface area contributed by atoms with E-state index in [0.29, 0.717) is 24.5 Å². The average Bonchev–Trinajstić information content (AvgIpc) is 2.97. The van der Waals surface area contributed by atoms with Crippen molar-refractivity contribution in [3.63, 3.8) is 0 Å².